The van der Waals surface area contributed by atoms with Crippen LogP contribution in [0.15, 0.2) is 45.9 Å². The molecule has 0 aliphatic carbocycles. The summed E-state index contributed by atoms with van der Waals surface area (Å²) in [6.45, 7) is 0.416. The summed E-state index contributed by atoms with van der Waals surface area (Å²) in [7, 11) is -0.903. The maximum atomic E-state index is 13.7. The summed E-state index contributed by atoms with van der Waals surface area (Å²) in [5.41, 5.74) is -0.0286. The Bertz CT molecular complexity index is 697. The highest BCUT2D eigenvalue weighted by Crippen LogP contribution is 2.25. The SMILES string of the molecule is CNCc1ccc(S(=O)(=O)N(C)c2ccccc2F)o1. The van der Waals surface area contributed by atoms with E-state index in [1.807, 2.05) is 0 Å². The zero-order valence-corrected chi connectivity index (χ0v) is 11.9. The molecule has 108 valence electrons. The van der Waals surface area contributed by atoms with E-state index < -0.39 is 15.8 Å². The first kappa shape index (κ1) is 14.5. The number of furan rings is 1. The number of nitrogens with zero attached hydrogens (tertiary/aromatic N) is 1. The minimum Gasteiger partial charge on any atom is -0.446 e. The summed E-state index contributed by atoms with van der Waals surface area (Å²) < 4.78 is 44.5. The fraction of sp³-hybridized carbons (Fsp3) is 0.231. The van der Waals surface area contributed by atoms with Gasteiger partial charge in [0.05, 0.1) is 12.2 Å². The molecule has 0 unspecified atom stereocenters. The highest BCUT2D eigenvalue weighted by Gasteiger charge is 2.26. The number of halogens is 1. The van der Waals surface area contributed by atoms with Gasteiger partial charge in [0.1, 0.15) is 11.6 Å². The number of para-hydroxylation sites is 1. The molecule has 0 aliphatic heterocycles. The molecule has 0 saturated heterocycles. The van der Waals surface area contributed by atoms with Gasteiger partial charge in [-0.3, -0.25) is 4.31 Å². The van der Waals surface area contributed by atoms with Crippen molar-refractivity contribution in [3.63, 3.8) is 0 Å². The van der Waals surface area contributed by atoms with E-state index in [0.29, 0.717) is 12.3 Å². The minimum atomic E-state index is -3.91. The van der Waals surface area contributed by atoms with E-state index in [9.17, 15) is 12.8 Å². The topological polar surface area (TPSA) is 62.6 Å². The smallest absolute Gasteiger partial charge is 0.297 e. The minimum absolute atomic E-state index is 0.0286. The molecule has 1 aromatic heterocycles. The lowest BCUT2D eigenvalue weighted by Gasteiger charge is -2.18. The van der Waals surface area contributed by atoms with E-state index in [2.05, 4.69) is 5.32 Å². The molecule has 0 radical (unpaired) electrons. The zero-order valence-electron chi connectivity index (χ0n) is 11.1. The van der Waals surface area contributed by atoms with Crippen LogP contribution in [0.5, 0.6) is 0 Å². The average Bonchev–Trinajstić information content (AvgIpc) is 2.88. The lowest BCUT2D eigenvalue weighted by atomic mass is 10.3. The van der Waals surface area contributed by atoms with Crippen LogP contribution >= 0.6 is 0 Å². The fourth-order valence-electron chi connectivity index (χ4n) is 1.74. The van der Waals surface area contributed by atoms with Crippen molar-refractivity contribution in [3.05, 3.63) is 48.0 Å². The summed E-state index contributed by atoms with van der Waals surface area (Å²) >= 11 is 0. The molecule has 0 amide bonds. The molecule has 2 aromatic rings. The third-order valence-corrected chi connectivity index (χ3v) is 4.44. The summed E-state index contributed by atoms with van der Waals surface area (Å²) in [4.78, 5) is 0. The Kier molecular flexibility index (Phi) is 4.10. The third-order valence-electron chi connectivity index (χ3n) is 2.79. The molecule has 1 N–H and O–H groups in total. The van der Waals surface area contributed by atoms with Crippen molar-refractivity contribution in [2.75, 3.05) is 18.4 Å². The predicted octanol–water partition coefficient (Wildman–Crippen LogP) is 1.96. The van der Waals surface area contributed by atoms with Crippen molar-refractivity contribution >= 4 is 15.7 Å². The lowest BCUT2D eigenvalue weighted by Crippen LogP contribution is -2.27. The van der Waals surface area contributed by atoms with Gasteiger partial charge in [0.15, 0.2) is 0 Å². The number of hydrogen-bond acceptors (Lipinski definition) is 4. The van der Waals surface area contributed by atoms with Crippen LogP contribution < -0.4 is 9.62 Å². The van der Waals surface area contributed by atoms with E-state index in [-0.39, 0.29) is 10.8 Å². The second-order valence-electron chi connectivity index (χ2n) is 4.18. The van der Waals surface area contributed by atoms with Crippen molar-refractivity contribution in [3.8, 4) is 0 Å². The largest absolute Gasteiger partial charge is 0.446 e. The number of rotatable bonds is 5. The maximum absolute atomic E-state index is 13.7. The van der Waals surface area contributed by atoms with E-state index in [4.69, 9.17) is 4.42 Å². The number of sulfonamides is 1. The van der Waals surface area contributed by atoms with E-state index in [1.165, 1.54) is 31.3 Å². The van der Waals surface area contributed by atoms with Gasteiger partial charge in [0.25, 0.3) is 10.0 Å². The third kappa shape index (κ3) is 2.68. The molecule has 1 aromatic carbocycles. The van der Waals surface area contributed by atoms with Gasteiger partial charge in [-0.15, -0.1) is 0 Å². The predicted molar refractivity (Wildman–Crippen MR) is 73.5 cm³/mol. The molecular weight excluding hydrogens is 283 g/mol. The van der Waals surface area contributed by atoms with Crippen LogP contribution in [0.3, 0.4) is 0 Å². The summed E-state index contributed by atoms with van der Waals surface area (Å²) in [6.07, 6.45) is 0. The Balaban J connectivity index is 2.36. The molecule has 5 nitrogen and oxygen atoms in total. The Morgan fingerprint density at radius 2 is 1.95 bits per heavy atom. The first-order valence-electron chi connectivity index (χ1n) is 5.93. The Morgan fingerprint density at radius 3 is 2.60 bits per heavy atom. The fourth-order valence-corrected chi connectivity index (χ4v) is 2.87. The first-order chi connectivity index (χ1) is 9.46. The summed E-state index contributed by atoms with van der Waals surface area (Å²) in [5.74, 6) is -0.117. The van der Waals surface area contributed by atoms with Gasteiger partial charge >= 0.3 is 0 Å². The van der Waals surface area contributed by atoms with Crippen LogP contribution in [0.1, 0.15) is 5.76 Å². The molecule has 1 heterocycles. The molecule has 0 atom stereocenters. The van der Waals surface area contributed by atoms with Crippen LogP contribution in [0.4, 0.5) is 10.1 Å². The second kappa shape index (κ2) is 5.64. The average molecular weight is 298 g/mol. The number of benzene rings is 1. The molecule has 0 aliphatic rings. The molecule has 7 heteroatoms. The molecule has 0 fully saturated rings. The maximum Gasteiger partial charge on any atom is 0.297 e. The normalized spacial score (nSPS) is 11.6. The summed E-state index contributed by atoms with van der Waals surface area (Å²) in [6, 6.07) is 8.59. The van der Waals surface area contributed by atoms with Crippen LogP contribution in [0.25, 0.3) is 0 Å². The quantitative estimate of drug-likeness (QED) is 0.916. The van der Waals surface area contributed by atoms with Crippen LogP contribution in [-0.4, -0.2) is 22.5 Å². The Labute approximate surface area is 117 Å². The molecular formula is C13H15FN2O3S. The number of hydrogen-bond donors (Lipinski definition) is 1. The van der Waals surface area contributed by atoms with E-state index in [1.54, 1.807) is 19.2 Å². The standard InChI is InChI=1S/C13H15FN2O3S/c1-15-9-10-7-8-13(19-10)20(17,18)16(2)12-6-4-3-5-11(12)14/h3-8,15H,9H2,1-2H3. The Hall–Kier alpha value is -1.86. The van der Waals surface area contributed by atoms with Crippen molar-refractivity contribution in [1.29, 1.82) is 0 Å². The highest BCUT2D eigenvalue weighted by molar-refractivity contribution is 7.92. The van der Waals surface area contributed by atoms with Gasteiger partial charge in [-0.25, -0.2) is 4.39 Å². The lowest BCUT2D eigenvalue weighted by molar-refractivity contribution is 0.407. The van der Waals surface area contributed by atoms with E-state index in [0.717, 1.165) is 4.31 Å². The van der Waals surface area contributed by atoms with Crippen LogP contribution in [-0.2, 0) is 16.6 Å². The van der Waals surface area contributed by atoms with Gasteiger partial charge in [0.2, 0.25) is 5.09 Å². The van der Waals surface area contributed by atoms with Crippen LogP contribution in [0, 0.1) is 5.82 Å². The van der Waals surface area contributed by atoms with Gasteiger partial charge in [-0.1, -0.05) is 12.1 Å². The van der Waals surface area contributed by atoms with Gasteiger partial charge < -0.3 is 9.73 Å². The van der Waals surface area contributed by atoms with Crippen molar-refractivity contribution in [2.45, 2.75) is 11.6 Å². The Morgan fingerprint density at radius 1 is 1.25 bits per heavy atom. The molecule has 2 rings (SSSR count). The molecule has 0 spiro atoms. The van der Waals surface area contributed by atoms with Gasteiger partial charge in [-0.2, -0.15) is 8.42 Å². The number of nitrogens with one attached hydrogen (secondary N) is 1. The van der Waals surface area contributed by atoms with Gasteiger partial charge in [-0.05, 0) is 31.3 Å². The van der Waals surface area contributed by atoms with E-state index >= 15 is 0 Å². The molecule has 0 bridgehead atoms. The van der Waals surface area contributed by atoms with Gasteiger partial charge in [0, 0.05) is 7.05 Å². The molecule has 20 heavy (non-hydrogen) atoms. The highest BCUT2D eigenvalue weighted by atomic mass is 32.2. The van der Waals surface area contributed by atoms with Crippen molar-refractivity contribution < 1.29 is 17.2 Å². The van der Waals surface area contributed by atoms with Crippen molar-refractivity contribution in [1.82, 2.24) is 5.32 Å². The number of anilines is 1. The molecule has 0 saturated carbocycles. The monoisotopic (exact) mass is 298 g/mol. The van der Waals surface area contributed by atoms with Crippen molar-refractivity contribution in [2.24, 2.45) is 0 Å². The summed E-state index contributed by atoms with van der Waals surface area (Å²) in [5, 5.41) is 2.64. The first-order valence-corrected chi connectivity index (χ1v) is 7.37. The zero-order chi connectivity index (χ0) is 14.8. The second-order valence-corrected chi connectivity index (χ2v) is 6.08. The van der Waals surface area contributed by atoms with Crippen LogP contribution in [0.2, 0.25) is 0 Å².